The Balaban J connectivity index is 2.08. The standard InChI is InChI=1S/C18H26ClN3O3/c1-18(2,3)25-17(24)20-16(14-7-5-4-6-8-14)22-11-9-21(10-12-22)15(23)13-19/h4-8,16H,9-13H2,1-3H3,(H,20,24). The molecule has 1 atom stereocenters. The third kappa shape index (κ3) is 5.90. The van der Waals surface area contributed by atoms with Crippen molar-refractivity contribution in [1.82, 2.24) is 15.1 Å². The molecule has 1 aromatic carbocycles. The summed E-state index contributed by atoms with van der Waals surface area (Å²) in [4.78, 5) is 27.9. The number of benzene rings is 1. The molecule has 1 heterocycles. The average molecular weight is 368 g/mol. The first kappa shape index (κ1) is 19.5. The lowest BCUT2D eigenvalue weighted by molar-refractivity contribution is -0.130. The van der Waals surface area contributed by atoms with Gasteiger partial charge in [-0.2, -0.15) is 0 Å². The van der Waals surface area contributed by atoms with Gasteiger partial charge < -0.3 is 15.0 Å². The Labute approximate surface area is 154 Å². The van der Waals surface area contributed by atoms with Crippen LogP contribution in [0.5, 0.6) is 0 Å². The minimum atomic E-state index is -0.559. The van der Waals surface area contributed by atoms with Crippen LogP contribution in [-0.4, -0.2) is 59.5 Å². The first-order chi connectivity index (χ1) is 11.8. The minimum Gasteiger partial charge on any atom is -0.444 e. The summed E-state index contributed by atoms with van der Waals surface area (Å²) < 4.78 is 5.40. The average Bonchev–Trinajstić information content (AvgIpc) is 2.58. The smallest absolute Gasteiger partial charge is 0.409 e. The molecule has 2 amide bonds. The molecule has 1 unspecified atom stereocenters. The monoisotopic (exact) mass is 367 g/mol. The summed E-state index contributed by atoms with van der Waals surface area (Å²) in [7, 11) is 0. The Bertz CT molecular complexity index is 581. The van der Waals surface area contributed by atoms with E-state index in [9.17, 15) is 9.59 Å². The molecule has 1 N–H and O–H groups in total. The van der Waals surface area contributed by atoms with Crippen LogP contribution in [0.3, 0.4) is 0 Å². The van der Waals surface area contributed by atoms with Gasteiger partial charge in [0, 0.05) is 26.2 Å². The van der Waals surface area contributed by atoms with Gasteiger partial charge in [-0.05, 0) is 26.3 Å². The van der Waals surface area contributed by atoms with Crippen LogP contribution < -0.4 is 5.32 Å². The minimum absolute atomic E-state index is 0.00171. The summed E-state index contributed by atoms with van der Waals surface area (Å²) >= 11 is 5.63. The zero-order valence-corrected chi connectivity index (χ0v) is 15.8. The van der Waals surface area contributed by atoms with Crippen LogP contribution >= 0.6 is 11.6 Å². The summed E-state index contributed by atoms with van der Waals surface area (Å²) in [6.45, 7) is 7.98. The van der Waals surface area contributed by atoms with Crippen LogP contribution in [0.25, 0.3) is 0 Å². The molecule has 0 aromatic heterocycles. The quantitative estimate of drug-likeness (QED) is 0.831. The largest absolute Gasteiger partial charge is 0.444 e. The number of amides is 2. The maximum Gasteiger partial charge on any atom is 0.409 e. The zero-order chi connectivity index (χ0) is 18.4. The predicted molar refractivity (Wildman–Crippen MR) is 97.4 cm³/mol. The second-order valence-corrected chi connectivity index (χ2v) is 7.28. The van der Waals surface area contributed by atoms with E-state index in [1.54, 1.807) is 4.90 Å². The number of ether oxygens (including phenoxy) is 1. The van der Waals surface area contributed by atoms with Crippen molar-refractivity contribution in [1.29, 1.82) is 0 Å². The van der Waals surface area contributed by atoms with Gasteiger partial charge >= 0.3 is 6.09 Å². The van der Waals surface area contributed by atoms with Gasteiger partial charge in [0.2, 0.25) is 5.91 Å². The number of rotatable bonds is 4. The molecule has 138 valence electrons. The highest BCUT2D eigenvalue weighted by Crippen LogP contribution is 2.21. The van der Waals surface area contributed by atoms with Crippen molar-refractivity contribution in [3.63, 3.8) is 0 Å². The van der Waals surface area contributed by atoms with Gasteiger partial charge in [0.05, 0.1) is 0 Å². The van der Waals surface area contributed by atoms with Gasteiger partial charge in [-0.3, -0.25) is 9.69 Å². The molecule has 2 rings (SSSR count). The summed E-state index contributed by atoms with van der Waals surface area (Å²) in [5, 5.41) is 2.95. The molecule has 0 aliphatic carbocycles. The number of alkyl halides is 1. The van der Waals surface area contributed by atoms with Gasteiger partial charge in [0.15, 0.2) is 0 Å². The van der Waals surface area contributed by atoms with Crippen molar-refractivity contribution in [3.05, 3.63) is 35.9 Å². The van der Waals surface area contributed by atoms with E-state index in [0.717, 1.165) is 5.56 Å². The summed E-state index contributed by atoms with van der Waals surface area (Å²) in [5.41, 5.74) is 0.419. The number of piperazine rings is 1. The molecule has 0 radical (unpaired) electrons. The van der Waals surface area contributed by atoms with Gasteiger partial charge in [-0.1, -0.05) is 30.3 Å². The fourth-order valence-corrected chi connectivity index (χ4v) is 2.92. The number of hydrogen-bond acceptors (Lipinski definition) is 4. The second-order valence-electron chi connectivity index (χ2n) is 7.01. The number of carbonyl (C=O) groups is 2. The molecule has 6 nitrogen and oxygen atoms in total. The van der Waals surface area contributed by atoms with Crippen LogP contribution in [0.4, 0.5) is 4.79 Å². The molecule has 0 saturated carbocycles. The molecule has 7 heteroatoms. The Morgan fingerprint density at radius 1 is 1.16 bits per heavy atom. The molecule has 1 aliphatic rings. The zero-order valence-electron chi connectivity index (χ0n) is 15.0. The van der Waals surface area contributed by atoms with Crippen LogP contribution in [0.1, 0.15) is 32.5 Å². The van der Waals surface area contributed by atoms with E-state index >= 15 is 0 Å². The Kier molecular flexibility index (Phi) is 6.67. The van der Waals surface area contributed by atoms with E-state index in [4.69, 9.17) is 16.3 Å². The maximum atomic E-state index is 12.3. The number of nitrogens with one attached hydrogen (secondary N) is 1. The van der Waals surface area contributed by atoms with E-state index in [1.807, 2.05) is 51.1 Å². The maximum absolute atomic E-state index is 12.3. The van der Waals surface area contributed by atoms with Crippen molar-refractivity contribution in [2.45, 2.75) is 32.5 Å². The molecule has 0 bridgehead atoms. The van der Waals surface area contributed by atoms with Gasteiger partial charge in [0.25, 0.3) is 0 Å². The van der Waals surface area contributed by atoms with Crippen molar-refractivity contribution in [2.75, 3.05) is 32.1 Å². The lowest BCUT2D eigenvalue weighted by Gasteiger charge is -2.39. The first-order valence-electron chi connectivity index (χ1n) is 8.42. The van der Waals surface area contributed by atoms with E-state index in [0.29, 0.717) is 26.2 Å². The van der Waals surface area contributed by atoms with Gasteiger partial charge in [-0.25, -0.2) is 4.79 Å². The van der Waals surface area contributed by atoms with Crippen LogP contribution in [0.15, 0.2) is 30.3 Å². The molecule has 25 heavy (non-hydrogen) atoms. The Morgan fingerprint density at radius 2 is 1.76 bits per heavy atom. The first-order valence-corrected chi connectivity index (χ1v) is 8.96. The number of carbonyl (C=O) groups excluding carboxylic acids is 2. The second kappa shape index (κ2) is 8.54. The molecule has 0 spiro atoms. The fraction of sp³-hybridized carbons (Fsp3) is 0.556. The van der Waals surface area contributed by atoms with Crippen molar-refractivity contribution >= 4 is 23.6 Å². The molecule has 1 fully saturated rings. The van der Waals surface area contributed by atoms with Gasteiger partial charge in [-0.15, -0.1) is 11.6 Å². The molecule has 1 aromatic rings. The van der Waals surface area contributed by atoms with E-state index in [-0.39, 0.29) is 18.0 Å². The lowest BCUT2D eigenvalue weighted by Crippen LogP contribution is -2.53. The topological polar surface area (TPSA) is 61.9 Å². The Morgan fingerprint density at radius 3 is 2.28 bits per heavy atom. The molecular weight excluding hydrogens is 342 g/mol. The number of halogens is 1. The fourth-order valence-electron chi connectivity index (χ4n) is 2.75. The highest BCUT2D eigenvalue weighted by molar-refractivity contribution is 6.27. The van der Waals surface area contributed by atoms with Crippen molar-refractivity contribution < 1.29 is 14.3 Å². The van der Waals surface area contributed by atoms with E-state index in [1.165, 1.54) is 0 Å². The van der Waals surface area contributed by atoms with Crippen molar-refractivity contribution in [2.24, 2.45) is 0 Å². The highest BCUT2D eigenvalue weighted by atomic mass is 35.5. The molecular formula is C18H26ClN3O3. The highest BCUT2D eigenvalue weighted by Gasteiger charge is 2.29. The summed E-state index contributed by atoms with van der Waals surface area (Å²) in [5.74, 6) is -0.0594. The van der Waals surface area contributed by atoms with Crippen LogP contribution in [-0.2, 0) is 9.53 Å². The van der Waals surface area contributed by atoms with Crippen LogP contribution in [0.2, 0.25) is 0 Å². The normalized spacial score (nSPS) is 17.0. The van der Waals surface area contributed by atoms with Crippen molar-refractivity contribution in [3.8, 4) is 0 Å². The number of nitrogens with zero attached hydrogens (tertiary/aromatic N) is 2. The SMILES string of the molecule is CC(C)(C)OC(=O)NC(c1ccccc1)N1CCN(C(=O)CCl)CC1. The summed E-state index contributed by atoms with van der Waals surface area (Å²) in [6.07, 6.45) is -0.759. The molecule has 1 saturated heterocycles. The third-order valence-corrected chi connectivity index (χ3v) is 4.14. The van der Waals surface area contributed by atoms with Crippen LogP contribution in [0, 0.1) is 0 Å². The predicted octanol–water partition coefficient (Wildman–Crippen LogP) is 2.59. The lowest BCUT2D eigenvalue weighted by atomic mass is 10.1. The number of alkyl carbamates (subject to hydrolysis) is 1. The Hall–Kier alpha value is -1.79. The third-order valence-electron chi connectivity index (χ3n) is 3.92. The number of hydrogen-bond donors (Lipinski definition) is 1. The van der Waals surface area contributed by atoms with E-state index < -0.39 is 11.7 Å². The van der Waals surface area contributed by atoms with E-state index in [2.05, 4.69) is 10.2 Å². The van der Waals surface area contributed by atoms with Gasteiger partial charge in [0.1, 0.15) is 17.6 Å². The molecule has 1 aliphatic heterocycles. The summed E-state index contributed by atoms with van der Waals surface area (Å²) in [6, 6.07) is 9.75.